The van der Waals surface area contributed by atoms with E-state index >= 15 is 0 Å². The highest BCUT2D eigenvalue weighted by Gasteiger charge is 2.26. The summed E-state index contributed by atoms with van der Waals surface area (Å²) in [4.78, 5) is 27.0. The van der Waals surface area contributed by atoms with Gasteiger partial charge in [-0.2, -0.15) is 4.98 Å². The molecule has 1 aromatic heterocycles. The van der Waals surface area contributed by atoms with E-state index < -0.39 is 5.97 Å². The molecule has 0 radical (unpaired) electrons. The Labute approximate surface area is 136 Å². The Kier molecular flexibility index (Phi) is 4.95. The van der Waals surface area contributed by atoms with Crippen LogP contribution in [0.2, 0.25) is 0 Å². The van der Waals surface area contributed by atoms with E-state index in [1.165, 1.54) is 0 Å². The van der Waals surface area contributed by atoms with Crippen LogP contribution in [-0.2, 0) is 4.79 Å². The van der Waals surface area contributed by atoms with Crippen molar-refractivity contribution in [1.29, 1.82) is 0 Å². The van der Waals surface area contributed by atoms with E-state index in [1.807, 2.05) is 12.3 Å². The Hall–Kier alpha value is -1.89. The second-order valence-corrected chi connectivity index (χ2v) is 6.24. The van der Waals surface area contributed by atoms with Crippen molar-refractivity contribution in [3.63, 3.8) is 0 Å². The summed E-state index contributed by atoms with van der Waals surface area (Å²) in [7, 11) is 0. The fourth-order valence-corrected chi connectivity index (χ4v) is 3.29. The van der Waals surface area contributed by atoms with Crippen molar-refractivity contribution in [1.82, 2.24) is 14.9 Å². The second-order valence-electron chi connectivity index (χ2n) is 6.24. The molecule has 2 fully saturated rings. The van der Waals surface area contributed by atoms with Gasteiger partial charge in [0.15, 0.2) is 0 Å². The lowest BCUT2D eigenvalue weighted by Gasteiger charge is -2.35. The first-order chi connectivity index (χ1) is 11.2. The molecule has 0 unspecified atom stereocenters. The molecular weight excluding hydrogens is 294 g/mol. The number of piperazine rings is 1. The van der Waals surface area contributed by atoms with Gasteiger partial charge in [-0.25, -0.2) is 4.98 Å². The van der Waals surface area contributed by atoms with Crippen LogP contribution in [0.25, 0.3) is 0 Å². The van der Waals surface area contributed by atoms with Crippen molar-refractivity contribution < 1.29 is 9.90 Å². The van der Waals surface area contributed by atoms with E-state index in [-0.39, 0.29) is 5.92 Å². The van der Waals surface area contributed by atoms with Crippen LogP contribution < -0.4 is 9.80 Å². The van der Waals surface area contributed by atoms with Crippen LogP contribution in [0.3, 0.4) is 0 Å². The number of carboxylic acids is 1. The third-order valence-corrected chi connectivity index (χ3v) is 4.90. The predicted molar refractivity (Wildman–Crippen MR) is 88.9 cm³/mol. The predicted octanol–water partition coefficient (Wildman–Crippen LogP) is 0.919. The average Bonchev–Trinajstić information content (AvgIpc) is 2.62. The maximum atomic E-state index is 11.1. The lowest BCUT2D eigenvalue weighted by Crippen LogP contribution is -2.47. The van der Waals surface area contributed by atoms with E-state index in [2.05, 4.69) is 26.6 Å². The maximum absolute atomic E-state index is 11.1. The van der Waals surface area contributed by atoms with E-state index in [0.29, 0.717) is 12.8 Å². The molecule has 0 spiro atoms. The summed E-state index contributed by atoms with van der Waals surface area (Å²) in [6, 6.07) is 1.92. The van der Waals surface area contributed by atoms with Gasteiger partial charge in [-0.3, -0.25) is 4.79 Å². The fourth-order valence-electron chi connectivity index (χ4n) is 3.29. The van der Waals surface area contributed by atoms with Crippen LogP contribution in [0.5, 0.6) is 0 Å². The molecule has 0 saturated carbocycles. The third kappa shape index (κ3) is 3.72. The number of nitrogens with zero attached hydrogens (tertiary/aromatic N) is 5. The normalized spacial score (nSPS) is 20.7. The summed E-state index contributed by atoms with van der Waals surface area (Å²) in [6.07, 6.45) is 3.18. The van der Waals surface area contributed by atoms with Crippen molar-refractivity contribution in [3.8, 4) is 0 Å². The molecule has 3 rings (SSSR count). The summed E-state index contributed by atoms with van der Waals surface area (Å²) >= 11 is 0. The van der Waals surface area contributed by atoms with Crippen molar-refractivity contribution in [2.24, 2.45) is 5.92 Å². The first-order valence-electron chi connectivity index (χ1n) is 8.45. The van der Waals surface area contributed by atoms with Gasteiger partial charge < -0.3 is 19.8 Å². The monoisotopic (exact) mass is 319 g/mol. The summed E-state index contributed by atoms with van der Waals surface area (Å²) in [5.41, 5.74) is 0. The fraction of sp³-hybridized carbons (Fsp3) is 0.688. The van der Waals surface area contributed by atoms with Crippen molar-refractivity contribution in [2.45, 2.75) is 19.8 Å². The summed E-state index contributed by atoms with van der Waals surface area (Å²) < 4.78 is 0. The molecule has 1 N–H and O–H groups in total. The largest absolute Gasteiger partial charge is 0.481 e. The Morgan fingerprint density at radius 3 is 2.48 bits per heavy atom. The van der Waals surface area contributed by atoms with Crippen molar-refractivity contribution >= 4 is 17.7 Å². The molecule has 0 aromatic carbocycles. The maximum Gasteiger partial charge on any atom is 0.306 e. The highest BCUT2D eigenvalue weighted by atomic mass is 16.4. The topological polar surface area (TPSA) is 72.8 Å². The smallest absolute Gasteiger partial charge is 0.306 e. The standard InChI is InChI=1S/C16H25N5O2/c1-2-19-9-11-21(12-10-19)16-17-6-3-14(18-16)20-7-4-13(5-8-20)15(22)23/h3,6,13H,2,4-5,7-12H2,1H3,(H,22,23). The minimum Gasteiger partial charge on any atom is -0.481 e. The van der Waals surface area contributed by atoms with Gasteiger partial charge in [0.1, 0.15) is 5.82 Å². The van der Waals surface area contributed by atoms with E-state index in [0.717, 1.165) is 57.6 Å². The number of carboxylic acid groups (broad SMARTS) is 1. The number of hydrogen-bond donors (Lipinski definition) is 1. The molecule has 2 aliphatic heterocycles. The number of aromatic nitrogens is 2. The van der Waals surface area contributed by atoms with Crippen LogP contribution in [0, 0.1) is 5.92 Å². The number of hydrogen-bond acceptors (Lipinski definition) is 6. The lowest BCUT2D eigenvalue weighted by atomic mass is 9.97. The van der Waals surface area contributed by atoms with Gasteiger partial charge in [0.05, 0.1) is 5.92 Å². The van der Waals surface area contributed by atoms with Crippen LogP contribution >= 0.6 is 0 Å². The molecule has 0 bridgehead atoms. The van der Waals surface area contributed by atoms with Crippen molar-refractivity contribution in [3.05, 3.63) is 12.3 Å². The zero-order valence-electron chi connectivity index (χ0n) is 13.7. The molecule has 2 saturated heterocycles. The van der Waals surface area contributed by atoms with Gasteiger partial charge in [0.2, 0.25) is 5.95 Å². The molecule has 0 aliphatic carbocycles. The molecule has 0 amide bonds. The quantitative estimate of drug-likeness (QED) is 0.884. The summed E-state index contributed by atoms with van der Waals surface area (Å²) in [6.45, 7) is 8.79. The Morgan fingerprint density at radius 2 is 1.87 bits per heavy atom. The number of rotatable bonds is 4. The van der Waals surface area contributed by atoms with Crippen LogP contribution in [0.4, 0.5) is 11.8 Å². The zero-order valence-corrected chi connectivity index (χ0v) is 13.7. The van der Waals surface area contributed by atoms with Gasteiger partial charge >= 0.3 is 5.97 Å². The van der Waals surface area contributed by atoms with Gasteiger partial charge in [0.25, 0.3) is 0 Å². The SMILES string of the molecule is CCN1CCN(c2nccc(N3CCC(C(=O)O)CC3)n2)CC1. The molecule has 1 aromatic rings. The van der Waals surface area contributed by atoms with Gasteiger partial charge in [-0.05, 0) is 25.5 Å². The highest BCUT2D eigenvalue weighted by molar-refractivity contribution is 5.70. The Bertz CT molecular complexity index is 537. The Morgan fingerprint density at radius 1 is 1.17 bits per heavy atom. The molecule has 7 nitrogen and oxygen atoms in total. The number of anilines is 2. The molecular formula is C16H25N5O2. The van der Waals surface area contributed by atoms with Gasteiger partial charge in [-0.15, -0.1) is 0 Å². The molecule has 2 aliphatic rings. The molecule has 23 heavy (non-hydrogen) atoms. The van der Waals surface area contributed by atoms with E-state index in [1.54, 1.807) is 0 Å². The van der Waals surface area contributed by atoms with E-state index in [4.69, 9.17) is 10.1 Å². The van der Waals surface area contributed by atoms with Crippen LogP contribution in [0.1, 0.15) is 19.8 Å². The molecule has 126 valence electrons. The first-order valence-corrected chi connectivity index (χ1v) is 8.45. The lowest BCUT2D eigenvalue weighted by molar-refractivity contribution is -0.142. The zero-order chi connectivity index (χ0) is 16.2. The number of likely N-dealkylation sites (N-methyl/N-ethyl adjacent to an activating group) is 1. The average molecular weight is 319 g/mol. The highest BCUT2D eigenvalue weighted by Crippen LogP contribution is 2.23. The van der Waals surface area contributed by atoms with Gasteiger partial charge in [0, 0.05) is 45.5 Å². The molecule has 0 atom stereocenters. The molecule has 3 heterocycles. The second kappa shape index (κ2) is 7.12. The minimum absolute atomic E-state index is 0.213. The van der Waals surface area contributed by atoms with Crippen LogP contribution in [-0.4, -0.2) is 71.8 Å². The Balaban J connectivity index is 1.63. The third-order valence-electron chi connectivity index (χ3n) is 4.90. The number of carbonyl (C=O) groups is 1. The summed E-state index contributed by atoms with van der Waals surface area (Å²) in [5.74, 6) is 0.812. The molecule has 7 heteroatoms. The first kappa shape index (κ1) is 16.0. The van der Waals surface area contributed by atoms with Gasteiger partial charge in [-0.1, -0.05) is 6.92 Å². The minimum atomic E-state index is -0.679. The van der Waals surface area contributed by atoms with Crippen molar-refractivity contribution in [2.75, 3.05) is 55.6 Å². The number of piperidine rings is 1. The van der Waals surface area contributed by atoms with Crippen LogP contribution in [0.15, 0.2) is 12.3 Å². The number of aliphatic carboxylic acids is 1. The summed E-state index contributed by atoms with van der Waals surface area (Å²) in [5, 5.41) is 9.10. The van der Waals surface area contributed by atoms with E-state index in [9.17, 15) is 4.79 Å².